The number of hydrogen-bond donors (Lipinski definition) is 0. The zero-order valence-electron chi connectivity index (χ0n) is 20.2. The molecule has 4 heterocycles. The van der Waals surface area contributed by atoms with Crippen molar-refractivity contribution in [1.82, 2.24) is 33.8 Å². The molecule has 0 saturated carbocycles. The van der Waals surface area contributed by atoms with Gasteiger partial charge in [0.2, 0.25) is 0 Å². The molecule has 0 spiro atoms. The van der Waals surface area contributed by atoms with Gasteiger partial charge in [-0.05, 0) is 29.9 Å². The van der Waals surface area contributed by atoms with Crippen LogP contribution in [-0.4, -0.2) is 46.9 Å². The van der Waals surface area contributed by atoms with Crippen molar-refractivity contribution in [3.05, 3.63) is 58.2 Å². The standard InChI is InChI=1S/C25H30N8O/c1-25(2,3)15-33-21-8-7-20(28-23(21)30(4)24(33)34)19-11-17(5-6-18(19)12-26)13-31-9-10-32-16-27-29-22(32)14-31/h6-8,11,16-17H,5,9-10,13-15H2,1-4H3. The van der Waals surface area contributed by atoms with E-state index >= 15 is 0 Å². The third-order valence-corrected chi connectivity index (χ3v) is 6.54. The summed E-state index contributed by atoms with van der Waals surface area (Å²) >= 11 is 0. The number of nitrogens with zero attached hydrogens (tertiary/aromatic N) is 8. The molecule has 0 bridgehead atoms. The molecule has 9 nitrogen and oxygen atoms in total. The van der Waals surface area contributed by atoms with Gasteiger partial charge in [-0.2, -0.15) is 5.26 Å². The van der Waals surface area contributed by atoms with Gasteiger partial charge in [-0.1, -0.05) is 32.9 Å². The van der Waals surface area contributed by atoms with Gasteiger partial charge in [-0.3, -0.25) is 14.0 Å². The van der Waals surface area contributed by atoms with E-state index in [1.54, 1.807) is 22.5 Å². The van der Waals surface area contributed by atoms with Crippen LogP contribution < -0.4 is 5.69 Å². The van der Waals surface area contributed by atoms with Gasteiger partial charge in [-0.15, -0.1) is 10.2 Å². The minimum atomic E-state index is -0.0703. The third kappa shape index (κ3) is 4.10. The molecule has 0 radical (unpaired) electrons. The van der Waals surface area contributed by atoms with Gasteiger partial charge in [0, 0.05) is 38.8 Å². The molecule has 34 heavy (non-hydrogen) atoms. The van der Waals surface area contributed by atoms with Crippen molar-refractivity contribution in [2.45, 2.75) is 46.8 Å². The summed E-state index contributed by atoms with van der Waals surface area (Å²) in [6, 6.07) is 6.23. The summed E-state index contributed by atoms with van der Waals surface area (Å²) in [5, 5.41) is 18.0. The van der Waals surface area contributed by atoms with Gasteiger partial charge >= 0.3 is 5.69 Å². The summed E-state index contributed by atoms with van der Waals surface area (Å²) < 4.78 is 5.49. The largest absolute Gasteiger partial charge is 0.330 e. The van der Waals surface area contributed by atoms with E-state index in [2.05, 4.69) is 52.6 Å². The van der Waals surface area contributed by atoms with Crippen molar-refractivity contribution in [1.29, 1.82) is 5.26 Å². The van der Waals surface area contributed by atoms with Crippen molar-refractivity contribution < 1.29 is 0 Å². The van der Waals surface area contributed by atoms with Crippen molar-refractivity contribution in [3.8, 4) is 6.07 Å². The van der Waals surface area contributed by atoms with Gasteiger partial charge in [0.05, 0.1) is 29.4 Å². The molecule has 9 heteroatoms. The van der Waals surface area contributed by atoms with E-state index in [1.807, 2.05) is 18.2 Å². The van der Waals surface area contributed by atoms with Crippen LogP contribution in [0.3, 0.4) is 0 Å². The SMILES string of the molecule is Cn1c(=O)n(CC(C)(C)C)c2ccc(C3=CC(CN4CCn5cnnc5C4)CC=C3C#N)nc21. The number of nitriles is 1. The summed E-state index contributed by atoms with van der Waals surface area (Å²) in [6.07, 6.45) is 6.80. The predicted octanol–water partition coefficient (Wildman–Crippen LogP) is 2.74. The molecule has 176 valence electrons. The Morgan fingerprint density at radius 2 is 2.06 bits per heavy atom. The van der Waals surface area contributed by atoms with E-state index in [0.717, 1.165) is 55.2 Å². The number of imidazole rings is 1. The quantitative estimate of drug-likeness (QED) is 0.596. The lowest BCUT2D eigenvalue weighted by molar-refractivity contribution is 0.197. The molecule has 2 aliphatic rings. The molecule has 1 atom stereocenters. The highest BCUT2D eigenvalue weighted by molar-refractivity contribution is 5.85. The number of allylic oxidation sites excluding steroid dienone is 3. The van der Waals surface area contributed by atoms with Crippen LogP contribution in [0.2, 0.25) is 0 Å². The first-order chi connectivity index (χ1) is 16.2. The van der Waals surface area contributed by atoms with E-state index in [0.29, 0.717) is 17.8 Å². The van der Waals surface area contributed by atoms with Crippen LogP contribution in [0.15, 0.2) is 41.0 Å². The summed E-state index contributed by atoms with van der Waals surface area (Å²) in [4.78, 5) is 20.2. The summed E-state index contributed by atoms with van der Waals surface area (Å²) in [7, 11) is 1.76. The van der Waals surface area contributed by atoms with Crippen LogP contribution in [0.4, 0.5) is 0 Å². The fraction of sp³-hybridized carbons (Fsp3) is 0.480. The summed E-state index contributed by atoms with van der Waals surface area (Å²) in [5.74, 6) is 1.26. The first kappa shape index (κ1) is 22.3. The lowest BCUT2D eigenvalue weighted by Gasteiger charge is -2.30. The van der Waals surface area contributed by atoms with Gasteiger partial charge in [0.15, 0.2) is 5.65 Å². The molecular formula is C25H30N8O. The highest BCUT2D eigenvalue weighted by Crippen LogP contribution is 2.31. The van der Waals surface area contributed by atoms with Gasteiger partial charge in [0.1, 0.15) is 12.2 Å². The second-order valence-corrected chi connectivity index (χ2v) is 10.5. The van der Waals surface area contributed by atoms with E-state index in [1.165, 1.54) is 0 Å². The fourth-order valence-corrected chi connectivity index (χ4v) is 4.88. The first-order valence-electron chi connectivity index (χ1n) is 11.7. The Balaban J connectivity index is 1.46. The Morgan fingerprint density at radius 3 is 2.82 bits per heavy atom. The molecule has 0 aromatic carbocycles. The maximum absolute atomic E-state index is 12.9. The Morgan fingerprint density at radius 1 is 1.24 bits per heavy atom. The molecule has 0 amide bonds. The van der Waals surface area contributed by atoms with Crippen molar-refractivity contribution in [2.75, 3.05) is 13.1 Å². The van der Waals surface area contributed by atoms with E-state index in [-0.39, 0.29) is 17.0 Å². The Kier molecular flexibility index (Phi) is 5.48. The zero-order valence-corrected chi connectivity index (χ0v) is 20.2. The van der Waals surface area contributed by atoms with Gasteiger partial charge in [-0.25, -0.2) is 9.78 Å². The summed E-state index contributed by atoms with van der Waals surface area (Å²) in [6.45, 7) is 10.5. The predicted molar refractivity (Wildman–Crippen MR) is 130 cm³/mol. The molecule has 1 aliphatic heterocycles. The Labute approximate surface area is 198 Å². The van der Waals surface area contributed by atoms with Crippen LogP contribution in [0, 0.1) is 22.7 Å². The Hall–Kier alpha value is -3.51. The molecule has 0 saturated heterocycles. The van der Waals surface area contributed by atoms with Crippen molar-refractivity contribution in [3.63, 3.8) is 0 Å². The number of pyridine rings is 1. The smallest absolute Gasteiger partial charge is 0.315 e. The van der Waals surface area contributed by atoms with Crippen molar-refractivity contribution >= 4 is 16.7 Å². The number of aromatic nitrogens is 6. The lowest BCUT2D eigenvalue weighted by atomic mass is 9.88. The minimum absolute atomic E-state index is 0.0334. The molecule has 0 N–H and O–H groups in total. The normalized spacial score (nSPS) is 19.0. The molecule has 3 aromatic rings. The van der Waals surface area contributed by atoms with Crippen LogP contribution in [0.5, 0.6) is 0 Å². The number of rotatable bonds is 4. The molecule has 5 rings (SSSR count). The first-order valence-corrected chi connectivity index (χ1v) is 11.7. The number of fused-ring (bicyclic) bond motifs is 2. The van der Waals surface area contributed by atoms with Gasteiger partial charge < -0.3 is 4.57 Å². The second kappa shape index (κ2) is 8.37. The highest BCUT2D eigenvalue weighted by Gasteiger charge is 2.24. The number of hydrogen-bond acceptors (Lipinski definition) is 6. The molecular weight excluding hydrogens is 428 g/mol. The van der Waals surface area contributed by atoms with E-state index < -0.39 is 0 Å². The third-order valence-electron chi connectivity index (χ3n) is 6.54. The fourth-order valence-electron chi connectivity index (χ4n) is 4.88. The average Bonchev–Trinajstić information content (AvgIpc) is 3.36. The van der Waals surface area contributed by atoms with E-state index in [9.17, 15) is 10.1 Å². The summed E-state index contributed by atoms with van der Waals surface area (Å²) in [5.41, 5.74) is 3.57. The molecule has 3 aromatic heterocycles. The maximum Gasteiger partial charge on any atom is 0.330 e. The van der Waals surface area contributed by atoms with Crippen LogP contribution >= 0.6 is 0 Å². The second-order valence-electron chi connectivity index (χ2n) is 10.5. The number of aryl methyl sites for hydroxylation is 1. The average molecular weight is 459 g/mol. The van der Waals surface area contributed by atoms with E-state index in [4.69, 9.17) is 4.98 Å². The zero-order chi connectivity index (χ0) is 24.0. The van der Waals surface area contributed by atoms with Crippen LogP contribution in [0.1, 0.15) is 38.7 Å². The van der Waals surface area contributed by atoms with Crippen molar-refractivity contribution in [2.24, 2.45) is 18.4 Å². The molecule has 1 unspecified atom stereocenters. The highest BCUT2D eigenvalue weighted by atomic mass is 16.1. The van der Waals surface area contributed by atoms with Crippen LogP contribution in [0.25, 0.3) is 16.7 Å². The minimum Gasteiger partial charge on any atom is -0.315 e. The molecule has 0 fully saturated rings. The molecule has 1 aliphatic carbocycles. The topological polar surface area (TPSA) is 97.6 Å². The van der Waals surface area contributed by atoms with Crippen LogP contribution in [-0.2, 0) is 26.7 Å². The van der Waals surface area contributed by atoms with Gasteiger partial charge in [0.25, 0.3) is 0 Å². The maximum atomic E-state index is 12.9. The lowest BCUT2D eigenvalue weighted by Crippen LogP contribution is -2.37. The Bertz CT molecular complexity index is 1410. The monoisotopic (exact) mass is 458 g/mol.